The van der Waals surface area contributed by atoms with E-state index in [0.717, 1.165) is 18.7 Å². The third-order valence-electron chi connectivity index (χ3n) is 4.60. The number of piperidine rings is 1. The number of carbonyl (C=O) groups excluding carboxylic acids is 1. The highest BCUT2D eigenvalue weighted by molar-refractivity contribution is 6.00. The standard InChI is InChI=1S/C17H24N2O/c1-12(2)16-17(20)19(14-9-7-13(3)8-10-14)15-6-4-5-11-18(15)16/h7-10,12,15-16H,4-6,11H2,1-3H3. The van der Waals surface area contributed by atoms with Crippen molar-refractivity contribution in [2.45, 2.75) is 52.2 Å². The molecule has 2 fully saturated rings. The summed E-state index contributed by atoms with van der Waals surface area (Å²) in [5.41, 5.74) is 2.29. The summed E-state index contributed by atoms with van der Waals surface area (Å²) >= 11 is 0. The molecule has 1 aromatic rings. The lowest BCUT2D eigenvalue weighted by molar-refractivity contribution is -0.120. The van der Waals surface area contributed by atoms with Crippen LogP contribution in [0, 0.1) is 12.8 Å². The minimum atomic E-state index is 0.0570. The van der Waals surface area contributed by atoms with Gasteiger partial charge in [-0.25, -0.2) is 0 Å². The quantitative estimate of drug-likeness (QED) is 0.825. The summed E-state index contributed by atoms with van der Waals surface area (Å²) in [7, 11) is 0. The summed E-state index contributed by atoms with van der Waals surface area (Å²) in [5, 5.41) is 0. The van der Waals surface area contributed by atoms with E-state index < -0.39 is 0 Å². The van der Waals surface area contributed by atoms with E-state index in [1.54, 1.807) is 0 Å². The number of hydrogen-bond acceptors (Lipinski definition) is 2. The van der Waals surface area contributed by atoms with E-state index in [1.165, 1.54) is 18.4 Å². The third-order valence-corrected chi connectivity index (χ3v) is 4.60. The number of carbonyl (C=O) groups is 1. The van der Waals surface area contributed by atoms with Gasteiger partial charge >= 0.3 is 0 Å². The fraction of sp³-hybridized carbons (Fsp3) is 0.588. The maximum atomic E-state index is 12.9. The molecule has 2 aliphatic heterocycles. The molecular formula is C17H24N2O. The van der Waals surface area contributed by atoms with Gasteiger partial charge in [0.15, 0.2) is 0 Å². The van der Waals surface area contributed by atoms with Crippen LogP contribution in [0.5, 0.6) is 0 Å². The average molecular weight is 272 g/mol. The van der Waals surface area contributed by atoms with Gasteiger partial charge in [0.2, 0.25) is 5.91 Å². The SMILES string of the molecule is Cc1ccc(N2C(=O)C(C(C)C)N3CCCCC23)cc1. The van der Waals surface area contributed by atoms with Gasteiger partial charge in [0.1, 0.15) is 0 Å². The van der Waals surface area contributed by atoms with Crippen molar-refractivity contribution in [2.75, 3.05) is 11.4 Å². The molecule has 0 saturated carbocycles. The van der Waals surface area contributed by atoms with Crippen LogP contribution in [0.25, 0.3) is 0 Å². The molecular weight excluding hydrogens is 248 g/mol. The normalized spacial score (nSPS) is 27.2. The van der Waals surface area contributed by atoms with Crippen LogP contribution < -0.4 is 4.90 Å². The minimum absolute atomic E-state index is 0.0570. The van der Waals surface area contributed by atoms with Gasteiger partial charge in [-0.05, 0) is 44.2 Å². The number of amides is 1. The van der Waals surface area contributed by atoms with Crippen LogP contribution in [-0.4, -0.2) is 29.6 Å². The fourth-order valence-electron chi connectivity index (χ4n) is 3.64. The Morgan fingerprint density at radius 2 is 1.85 bits per heavy atom. The summed E-state index contributed by atoms with van der Waals surface area (Å²) in [4.78, 5) is 17.4. The molecule has 0 aliphatic carbocycles. The van der Waals surface area contributed by atoms with Crippen LogP contribution in [0.3, 0.4) is 0 Å². The molecule has 1 amide bonds. The van der Waals surface area contributed by atoms with Crippen LogP contribution in [-0.2, 0) is 4.79 Å². The molecule has 2 heterocycles. The highest BCUT2D eigenvalue weighted by Gasteiger charge is 2.48. The maximum absolute atomic E-state index is 12.9. The summed E-state index contributed by atoms with van der Waals surface area (Å²) in [6, 6.07) is 8.42. The monoisotopic (exact) mass is 272 g/mol. The molecule has 0 aromatic heterocycles. The van der Waals surface area contributed by atoms with E-state index in [1.807, 2.05) is 4.90 Å². The minimum Gasteiger partial charge on any atom is -0.295 e. The fourth-order valence-corrected chi connectivity index (χ4v) is 3.64. The second-order valence-corrected chi connectivity index (χ2v) is 6.45. The number of hydrogen-bond donors (Lipinski definition) is 0. The lowest BCUT2D eigenvalue weighted by Crippen LogP contribution is -2.45. The second-order valence-electron chi connectivity index (χ2n) is 6.45. The summed E-state index contributed by atoms with van der Waals surface area (Å²) < 4.78 is 0. The Bertz CT molecular complexity index is 494. The van der Waals surface area contributed by atoms with E-state index in [9.17, 15) is 4.79 Å². The van der Waals surface area contributed by atoms with Crippen LogP contribution >= 0.6 is 0 Å². The molecule has 3 rings (SSSR count). The molecule has 0 spiro atoms. The summed E-state index contributed by atoms with van der Waals surface area (Å²) in [6.07, 6.45) is 3.81. The molecule has 2 atom stereocenters. The third kappa shape index (κ3) is 2.14. The molecule has 2 unspecified atom stereocenters. The Hall–Kier alpha value is -1.35. The van der Waals surface area contributed by atoms with Crippen molar-refractivity contribution in [3.8, 4) is 0 Å². The first-order valence-electron chi connectivity index (χ1n) is 7.75. The van der Waals surface area contributed by atoms with Gasteiger partial charge in [-0.3, -0.25) is 14.6 Å². The van der Waals surface area contributed by atoms with Crippen LogP contribution in [0.15, 0.2) is 24.3 Å². The van der Waals surface area contributed by atoms with Crippen molar-refractivity contribution in [3.63, 3.8) is 0 Å². The van der Waals surface area contributed by atoms with Crippen LogP contribution in [0.2, 0.25) is 0 Å². The van der Waals surface area contributed by atoms with Crippen LogP contribution in [0.1, 0.15) is 38.7 Å². The Morgan fingerprint density at radius 1 is 1.15 bits per heavy atom. The molecule has 20 heavy (non-hydrogen) atoms. The van der Waals surface area contributed by atoms with E-state index in [2.05, 4.69) is 49.9 Å². The van der Waals surface area contributed by atoms with Crippen molar-refractivity contribution in [1.29, 1.82) is 0 Å². The molecule has 0 N–H and O–H groups in total. The van der Waals surface area contributed by atoms with Gasteiger partial charge < -0.3 is 0 Å². The molecule has 3 nitrogen and oxygen atoms in total. The van der Waals surface area contributed by atoms with Crippen molar-refractivity contribution in [2.24, 2.45) is 5.92 Å². The predicted molar refractivity (Wildman–Crippen MR) is 81.6 cm³/mol. The molecule has 0 bridgehead atoms. The molecule has 2 saturated heterocycles. The molecule has 2 aliphatic rings. The number of aryl methyl sites for hydroxylation is 1. The van der Waals surface area contributed by atoms with Gasteiger partial charge in [-0.2, -0.15) is 0 Å². The zero-order chi connectivity index (χ0) is 14.3. The molecule has 1 aromatic carbocycles. The zero-order valence-corrected chi connectivity index (χ0v) is 12.7. The summed E-state index contributed by atoms with van der Waals surface area (Å²) in [6.45, 7) is 7.46. The lowest BCUT2D eigenvalue weighted by Gasteiger charge is -2.35. The second kappa shape index (κ2) is 5.21. The number of nitrogens with zero attached hydrogens (tertiary/aromatic N) is 2. The Morgan fingerprint density at radius 3 is 2.50 bits per heavy atom. The van der Waals surface area contributed by atoms with Gasteiger partial charge in [0, 0.05) is 12.2 Å². The number of fused-ring (bicyclic) bond motifs is 1. The van der Waals surface area contributed by atoms with Crippen molar-refractivity contribution >= 4 is 11.6 Å². The van der Waals surface area contributed by atoms with E-state index in [-0.39, 0.29) is 18.1 Å². The van der Waals surface area contributed by atoms with E-state index in [0.29, 0.717) is 5.92 Å². The van der Waals surface area contributed by atoms with E-state index in [4.69, 9.17) is 0 Å². The van der Waals surface area contributed by atoms with Crippen molar-refractivity contribution in [1.82, 2.24) is 4.90 Å². The van der Waals surface area contributed by atoms with Crippen molar-refractivity contribution in [3.05, 3.63) is 29.8 Å². The van der Waals surface area contributed by atoms with E-state index >= 15 is 0 Å². The Balaban J connectivity index is 1.97. The first-order valence-corrected chi connectivity index (χ1v) is 7.75. The van der Waals surface area contributed by atoms with Gasteiger partial charge in [0.25, 0.3) is 0 Å². The van der Waals surface area contributed by atoms with Crippen LogP contribution in [0.4, 0.5) is 5.69 Å². The molecule has 3 heteroatoms. The van der Waals surface area contributed by atoms with Gasteiger partial charge in [0.05, 0.1) is 12.2 Å². The molecule has 108 valence electrons. The smallest absolute Gasteiger partial charge is 0.245 e. The first kappa shape index (κ1) is 13.6. The average Bonchev–Trinajstić information content (AvgIpc) is 2.72. The molecule has 0 radical (unpaired) electrons. The first-order chi connectivity index (χ1) is 9.59. The Kier molecular flexibility index (Phi) is 3.55. The van der Waals surface area contributed by atoms with Crippen molar-refractivity contribution < 1.29 is 4.79 Å². The zero-order valence-electron chi connectivity index (χ0n) is 12.7. The van der Waals surface area contributed by atoms with Gasteiger partial charge in [-0.1, -0.05) is 31.5 Å². The van der Waals surface area contributed by atoms with Gasteiger partial charge in [-0.15, -0.1) is 0 Å². The predicted octanol–water partition coefficient (Wildman–Crippen LogP) is 3.18. The highest BCUT2D eigenvalue weighted by Crippen LogP contribution is 2.36. The number of anilines is 1. The number of rotatable bonds is 2. The Labute approximate surface area is 121 Å². The lowest BCUT2D eigenvalue weighted by atomic mass is 10.0. The topological polar surface area (TPSA) is 23.6 Å². The summed E-state index contributed by atoms with van der Waals surface area (Å²) in [5.74, 6) is 0.661. The largest absolute Gasteiger partial charge is 0.295 e. The maximum Gasteiger partial charge on any atom is 0.245 e. The highest BCUT2D eigenvalue weighted by atomic mass is 16.2. The number of benzene rings is 1.